The predicted molar refractivity (Wildman–Crippen MR) is 177 cm³/mol. The molecule has 4 rings (SSSR count). The van der Waals surface area contributed by atoms with Gasteiger partial charge < -0.3 is 25.1 Å². The molecule has 0 spiro atoms. The number of nitrogens with one attached hydrogen (secondary N) is 3. The zero-order valence-electron chi connectivity index (χ0n) is 26.5. The molecule has 232 valence electrons. The predicted octanol–water partition coefficient (Wildman–Crippen LogP) is 8.68. The fraction of sp³-hybridized carbons (Fsp3) is 0.485. The SMILES string of the molecule is CC(C)OC(=O)NC1CCC(c2ncc(-c3ccc(NC(=O)NCc4ccccc4)cc3O[Si](C)(C)C(C)(C)C)s2)CC1. The second kappa shape index (κ2) is 13.9. The zero-order valence-corrected chi connectivity index (χ0v) is 28.3. The molecule has 0 unspecified atom stereocenters. The highest BCUT2D eigenvalue weighted by Gasteiger charge is 2.39. The second-order valence-corrected chi connectivity index (χ2v) is 18.9. The summed E-state index contributed by atoms with van der Waals surface area (Å²) in [6.07, 6.45) is 5.21. The number of hydrogen-bond donors (Lipinski definition) is 3. The first-order chi connectivity index (χ1) is 20.3. The molecule has 1 saturated carbocycles. The molecule has 1 aromatic heterocycles. The molecule has 0 bridgehead atoms. The normalized spacial score (nSPS) is 17.3. The summed E-state index contributed by atoms with van der Waals surface area (Å²) in [5, 5.41) is 10.0. The molecule has 8 nitrogen and oxygen atoms in total. The van der Waals surface area contributed by atoms with E-state index in [0.717, 1.165) is 52.4 Å². The Morgan fingerprint density at radius 3 is 2.40 bits per heavy atom. The summed E-state index contributed by atoms with van der Waals surface area (Å²) >= 11 is 1.70. The minimum atomic E-state index is -2.18. The first-order valence-corrected chi connectivity index (χ1v) is 18.9. The van der Waals surface area contributed by atoms with Gasteiger partial charge in [-0.1, -0.05) is 51.1 Å². The molecule has 0 radical (unpaired) electrons. The molecule has 0 saturated heterocycles. The lowest BCUT2D eigenvalue weighted by Crippen LogP contribution is -2.44. The van der Waals surface area contributed by atoms with Gasteiger partial charge in [0.2, 0.25) is 0 Å². The van der Waals surface area contributed by atoms with Crippen molar-refractivity contribution >= 4 is 37.5 Å². The molecule has 0 atom stereocenters. The summed E-state index contributed by atoms with van der Waals surface area (Å²) in [7, 11) is -2.18. The lowest BCUT2D eigenvalue weighted by atomic mass is 9.86. The lowest BCUT2D eigenvalue weighted by molar-refractivity contribution is 0.109. The number of anilines is 1. The largest absolute Gasteiger partial charge is 0.543 e. The third kappa shape index (κ3) is 9.06. The van der Waals surface area contributed by atoms with Crippen molar-refractivity contribution in [2.75, 3.05) is 5.32 Å². The summed E-state index contributed by atoms with van der Waals surface area (Å²) in [6.45, 7) is 15.3. The van der Waals surface area contributed by atoms with Crippen molar-refractivity contribution in [2.24, 2.45) is 0 Å². The number of nitrogens with zero attached hydrogens (tertiary/aromatic N) is 1. The number of carbonyl (C=O) groups is 2. The second-order valence-electron chi connectivity index (χ2n) is 13.1. The van der Waals surface area contributed by atoms with Gasteiger partial charge in [0.1, 0.15) is 5.75 Å². The Bertz CT molecular complexity index is 1380. The average molecular weight is 623 g/mol. The highest BCUT2D eigenvalue weighted by Crippen LogP contribution is 2.44. The Balaban J connectivity index is 1.48. The Morgan fingerprint density at radius 2 is 1.74 bits per heavy atom. The van der Waals surface area contributed by atoms with E-state index in [9.17, 15) is 9.59 Å². The molecule has 43 heavy (non-hydrogen) atoms. The van der Waals surface area contributed by atoms with Gasteiger partial charge in [-0.2, -0.15) is 0 Å². The number of carbonyl (C=O) groups excluding carboxylic acids is 2. The third-order valence-corrected chi connectivity index (χ3v) is 13.8. The Labute approximate surface area is 261 Å². The number of alkyl carbamates (subject to hydrolysis) is 1. The van der Waals surface area contributed by atoms with E-state index in [2.05, 4.69) is 49.8 Å². The fourth-order valence-electron chi connectivity index (χ4n) is 4.77. The maximum atomic E-state index is 12.7. The third-order valence-electron chi connectivity index (χ3n) is 8.24. The fourth-order valence-corrected chi connectivity index (χ4v) is 6.91. The summed E-state index contributed by atoms with van der Waals surface area (Å²) in [5.41, 5.74) is 2.69. The maximum Gasteiger partial charge on any atom is 0.407 e. The standard InChI is InChI=1S/C33H46N4O4SSi/c1-22(2)40-32(39)37-25-15-13-24(14-16-25)30-34-21-29(42-30)27-18-17-26(19-28(27)41-43(6,7)33(3,4)5)36-31(38)35-20-23-11-9-8-10-12-23/h8-12,17-19,21-22,24-25H,13-16,20H2,1-7H3,(H,37,39)(H2,35,36,38). The van der Waals surface area contributed by atoms with Crippen LogP contribution in [0, 0.1) is 0 Å². The molecule has 0 aliphatic heterocycles. The molecule has 1 aliphatic carbocycles. The van der Waals surface area contributed by atoms with Crippen LogP contribution in [0.2, 0.25) is 18.1 Å². The molecule has 3 aromatic rings. The minimum Gasteiger partial charge on any atom is -0.543 e. The van der Waals surface area contributed by atoms with E-state index in [1.54, 1.807) is 11.3 Å². The number of benzene rings is 2. The molecule has 3 amide bonds. The molecule has 1 aliphatic rings. The van der Waals surface area contributed by atoms with Crippen molar-refractivity contribution in [2.45, 2.75) is 103 Å². The number of ether oxygens (including phenoxy) is 1. The first kappa shape index (κ1) is 32.5. The van der Waals surface area contributed by atoms with Crippen LogP contribution in [0.25, 0.3) is 10.4 Å². The van der Waals surface area contributed by atoms with Crippen molar-refractivity contribution in [1.29, 1.82) is 0 Å². The van der Waals surface area contributed by atoms with Crippen LogP contribution < -0.4 is 20.4 Å². The molecule has 1 heterocycles. The van der Waals surface area contributed by atoms with Crippen LogP contribution in [0.3, 0.4) is 0 Å². The van der Waals surface area contributed by atoms with Crippen LogP contribution in [0.15, 0.2) is 54.7 Å². The van der Waals surface area contributed by atoms with E-state index in [0.29, 0.717) is 18.2 Å². The van der Waals surface area contributed by atoms with Gasteiger partial charge in [0.25, 0.3) is 8.32 Å². The van der Waals surface area contributed by atoms with Crippen molar-refractivity contribution in [1.82, 2.24) is 15.6 Å². The smallest absolute Gasteiger partial charge is 0.407 e. The molecular formula is C33H46N4O4SSi. The molecule has 1 fully saturated rings. The van der Waals surface area contributed by atoms with Gasteiger partial charge in [0, 0.05) is 42.0 Å². The van der Waals surface area contributed by atoms with Gasteiger partial charge in [-0.15, -0.1) is 11.3 Å². The van der Waals surface area contributed by atoms with Crippen LogP contribution in [0.5, 0.6) is 5.75 Å². The van der Waals surface area contributed by atoms with E-state index >= 15 is 0 Å². The number of hydrogen-bond acceptors (Lipinski definition) is 6. The first-order valence-electron chi connectivity index (χ1n) is 15.2. The van der Waals surface area contributed by atoms with Crippen molar-refractivity contribution < 1.29 is 18.8 Å². The van der Waals surface area contributed by atoms with Crippen LogP contribution in [0.1, 0.15) is 76.8 Å². The summed E-state index contributed by atoms with van der Waals surface area (Å²) in [5.74, 6) is 1.12. The number of urea groups is 1. The molecule has 10 heteroatoms. The molecule has 3 N–H and O–H groups in total. The van der Waals surface area contributed by atoms with Gasteiger partial charge in [-0.3, -0.25) is 0 Å². The lowest BCUT2D eigenvalue weighted by Gasteiger charge is -2.37. The topological polar surface area (TPSA) is 102 Å². The Hall–Kier alpha value is -3.37. The van der Waals surface area contributed by atoms with Crippen molar-refractivity contribution in [3.8, 4) is 16.2 Å². The highest BCUT2D eigenvalue weighted by molar-refractivity contribution is 7.15. The van der Waals surface area contributed by atoms with Crippen LogP contribution in [-0.2, 0) is 11.3 Å². The van der Waals surface area contributed by atoms with Gasteiger partial charge >= 0.3 is 12.1 Å². The number of amides is 3. The Morgan fingerprint density at radius 1 is 1.05 bits per heavy atom. The Kier molecular flexibility index (Phi) is 10.6. The molecule has 2 aromatic carbocycles. The van der Waals surface area contributed by atoms with Gasteiger partial charge in [0.05, 0.1) is 16.0 Å². The highest BCUT2D eigenvalue weighted by atomic mass is 32.1. The summed E-state index contributed by atoms with van der Waals surface area (Å²) in [6, 6.07) is 15.6. The molecular weight excluding hydrogens is 577 g/mol. The van der Waals surface area contributed by atoms with E-state index in [1.807, 2.05) is 68.6 Å². The van der Waals surface area contributed by atoms with Crippen LogP contribution in [-0.4, -0.2) is 37.6 Å². The average Bonchev–Trinajstić information content (AvgIpc) is 3.42. The van der Waals surface area contributed by atoms with Crippen LogP contribution >= 0.6 is 11.3 Å². The summed E-state index contributed by atoms with van der Waals surface area (Å²) in [4.78, 5) is 30.6. The number of aromatic nitrogens is 1. The number of rotatable bonds is 9. The van der Waals surface area contributed by atoms with Gasteiger partial charge in [-0.05, 0) is 75.4 Å². The van der Waals surface area contributed by atoms with E-state index < -0.39 is 8.32 Å². The van der Waals surface area contributed by atoms with E-state index in [1.165, 1.54) is 0 Å². The zero-order chi connectivity index (χ0) is 31.2. The quantitative estimate of drug-likeness (QED) is 0.207. The van der Waals surface area contributed by atoms with Crippen LogP contribution in [0.4, 0.5) is 15.3 Å². The van der Waals surface area contributed by atoms with Crippen molar-refractivity contribution in [3.63, 3.8) is 0 Å². The number of thiazole rings is 1. The monoisotopic (exact) mass is 622 g/mol. The maximum absolute atomic E-state index is 12.7. The van der Waals surface area contributed by atoms with E-state index in [-0.39, 0.29) is 29.3 Å². The summed E-state index contributed by atoms with van der Waals surface area (Å²) < 4.78 is 12.1. The van der Waals surface area contributed by atoms with E-state index in [4.69, 9.17) is 14.1 Å². The van der Waals surface area contributed by atoms with Gasteiger partial charge in [-0.25, -0.2) is 14.6 Å². The van der Waals surface area contributed by atoms with Gasteiger partial charge in [0.15, 0.2) is 0 Å². The minimum absolute atomic E-state index is 0.00782. The van der Waals surface area contributed by atoms with Crippen molar-refractivity contribution in [3.05, 3.63) is 65.3 Å².